The lowest BCUT2D eigenvalue weighted by Gasteiger charge is -2.07. The summed E-state index contributed by atoms with van der Waals surface area (Å²) in [5.74, 6) is -0.453. The highest BCUT2D eigenvalue weighted by molar-refractivity contribution is 5.95. The molecule has 1 aliphatic carbocycles. The lowest BCUT2D eigenvalue weighted by Crippen LogP contribution is -2.27. The van der Waals surface area contributed by atoms with E-state index in [1.165, 1.54) is 6.08 Å². The average molecular weight is 287 g/mol. The molecular weight excluding hydrogens is 266 g/mol. The van der Waals surface area contributed by atoms with Crippen molar-refractivity contribution in [1.29, 1.82) is 0 Å². The van der Waals surface area contributed by atoms with Crippen molar-refractivity contribution >= 4 is 18.0 Å². The minimum absolute atomic E-state index is 0.0766. The van der Waals surface area contributed by atoms with Gasteiger partial charge in [0.15, 0.2) is 0 Å². The van der Waals surface area contributed by atoms with Crippen molar-refractivity contribution in [3.63, 3.8) is 0 Å². The van der Waals surface area contributed by atoms with E-state index < -0.39 is 5.97 Å². The Hall–Kier alpha value is -2.10. The van der Waals surface area contributed by atoms with Crippen molar-refractivity contribution in [1.82, 2.24) is 5.32 Å². The topological polar surface area (TPSA) is 66.4 Å². The number of carboxylic acids is 1. The second kappa shape index (κ2) is 6.57. The molecule has 2 atom stereocenters. The van der Waals surface area contributed by atoms with Crippen LogP contribution in [0.5, 0.6) is 0 Å². The van der Waals surface area contributed by atoms with Crippen LogP contribution in [0.15, 0.2) is 24.3 Å². The molecule has 2 N–H and O–H groups in total. The van der Waals surface area contributed by atoms with Gasteiger partial charge < -0.3 is 10.4 Å². The SMILES string of the molecule is CCCC1CC1NC(=O)c1cc(C)cc(/C=C/C(=O)O)c1. The molecule has 112 valence electrons. The largest absolute Gasteiger partial charge is 0.478 e. The molecule has 2 rings (SSSR count). The highest BCUT2D eigenvalue weighted by Gasteiger charge is 2.37. The summed E-state index contributed by atoms with van der Waals surface area (Å²) in [6.07, 6.45) is 5.95. The second-order valence-corrected chi connectivity index (χ2v) is 5.67. The Labute approximate surface area is 124 Å². The van der Waals surface area contributed by atoms with Gasteiger partial charge in [-0.15, -0.1) is 0 Å². The van der Waals surface area contributed by atoms with Gasteiger partial charge in [-0.1, -0.05) is 19.4 Å². The fourth-order valence-corrected chi connectivity index (χ4v) is 2.57. The highest BCUT2D eigenvalue weighted by atomic mass is 16.4. The van der Waals surface area contributed by atoms with E-state index in [1.807, 2.05) is 19.1 Å². The van der Waals surface area contributed by atoms with Gasteiger partial charge in [-0.25, -0.2) is 4.79 Å². The zero-order chi connectivity index (χ0) is 15.4. The number of carbonyl (C=O) groups excluding carboxylic acids is 1. The van der Waals surface area contributed by atoms with E-state index in [2.05, 4.69) is 12.2 Å². The summed E-state index contributed by atoms with van der Waals surface area (Å²) in [6.45, 7) is 4.05. The summed E-state index contributed by atoms with van der Waals surface area (Å²) in [4.78, 5) is 22.8. The number of nitrogens with one attached hydrogen (secondary N) is 1. The van der Waals surface area contributed by atoms with Crippen molar-refractivity contribution in [3.8, 4) is 0 Å². The molecule has 2 unspecified atom stereocenters. The van der Waals surface area contributed by atoms with E-state index in [-0.39, 0.29) is 5.91 Å². The molecule has 0 aliphatic heterocycles. The number of rotatable bonds is 6. The lowest BCUT2D eigenvalue weighted by molar-refractivity contribution is -0.131. The molecule has 1 aliphatic rings. The van der Waals surface area contributed by atoms with Gasteiger partial charge in [0.2, 0.25) is 0 Å². The van der Waals surface area contributed by atoms with Gasteiger partial charge >= 0.3 is 5.97 Å². The predicted octanol–water partition coefficient (Wildman–Crippen LogP) is 3.01. The summed E-state index contributed by atoms with van der Waals surface area (Å²) in [6, 6.07) is 5.70. The smallest absolute Gasteiger partial charge is 0.328 e. The molecule has 4 heteroatoms. The molecule has 1 amide bonds. The number of hydrogen-bond donors (Lipinski definition) is 2. The molecule has 1 aromatic rings. The van der Waals surface area contributed by atoms with Crippen LogP contribution in [0.4, 0.5) is 0 Å². The minimum Gasteiger partial charge on any atom is -0.478 e. The number of carboxylic acid groups (broad SMARTS) is 1. The monoisotopic (exact) mass is 287 g/mol. The van der Waals surface area contributed by atoms with Gasteiger partial charge in [-0.3, -0.25) is 4.79 Å². The first-order valence-electron chi connectivity index (χ1n) is 7.33. The van der Waals surface area contributed by atoms with E-state index in [0.717, 1.165) is 36.5 Å². The molecule has 0 saturated heterocycles. The Kier molecular flexibility index (Phi) is 4.78. The first kappa shape index (κ1) is 15.3. The molecule has 1 fully saturated rings. The zero-order valence-corrected chi connectivity index (χ0v) is 12.4. The molecule has 0 bridgehead atoms. The highest BCUT2D eigenvalue weighted by Crippen LogP contribution is 2.34. The quantitative estimate of drug-likeness (QED) is 0.790. The average Bonchev–Trinajstić information content (AvgIpc) is 3.14. The number of carbonyl (C=O) groups is 2. The Balaban J connectivity index is 2.05. The molecule has 0 aromatic heterocycles. The number of amides is 1. The van der Waals surface area contributed by atoms with Crippen molar-refractivity contribution in [3.05, 3.63) is 41.0 Å². The molecular formula is C17H21NO3. The summed E-state index contributed by atoms with van der Waals surface area (Å²) in [5.41, 5.74) is 2.25. The van der Waals surface area contributed by atoms with Crippen molar-refractivity contribution in [2.75, 3.05) is 0 Å². The third-order valence-corrected chi connectivity index (χ3v) is 3.68. The van der Waals surface area contributed by atoms with E-state index in [4.69, 9.17) is 5.11 Å². The van der Waals surface area contributed by atoms with E-state index in [0.29, 0.717) is 17.5 Å². The van der Waals surface area contributed by atoms with Crippen LogP contribution >= 0.6 is 0 Å². The number of aliphatic carboxylic acids is 1. The van der Waals surface area contributed by atoms with Gasteiger partial charge in [0.1, 0.15) is 0 Å². The predicted molar refractivity (Wildman–Crippen MR) is 82.1 cm³/mol. The van der Waals surface area contributed by atoms with Crippen LogP contribution in [0.3, 0.4) is 0 Å². The summed E-state index contributed by atoms with van der Waals surface area (Å²) in [7, 11) is 0. The maximum Gasteiger partial charge on any atom is 0.328 e. The third kappa shape index (κ3) is 4.45. The molecule has 4 nitrogen and oxygen atoms in total. The van der Waals surface area contributed by atoms with Crippen LogP contribution < -0.4 is 5.32 Å². The Morgan fingerprint density at radius 2 is 2.14 bits per heavy atom. The molecule has 21 heavy (non-hydrogen) atoms. The Morgan fingerprint density at radius 1 is 1.38 bits per heavy atom. The van der Waals surface area contributed by atoms with Crippen LogP contribution in [0.2, 0.25) is 0 Å². The van der Waals surface area contributed by atoms with Gasteiger partial charge in [-0.05, 0) is 55.0 Å². The standard InChI is InChI=1S/C17H21NO3/c1-3-4-13-10-15(13)18-17(21)14-8-11(2)7-12(9-14)5-6-16(19)20/h5-9,13,15H,3-4,10H2,1-2H3,(H,18,21)(H,19,20)/b6-5+. The maximum absolute atomic E-state index is 12.2. The van der Waals surface area contributed by atoms with Crippen molar-refractivity contribution < 1.29 is 14.7 Å². The van der Waals surface area contributed by atoms with Crippen LogP contribution in [0, 0.1) is 12.8 Å². The first-order valence-corrected chi connectivity index (χ1v) is 7.33. The number of benzene rings is 1. The van der Waals surface area contributed by atoms with Crippen LogP contribution in [-0.2, 0) is 4.79 Å². The maximum atomic E-state index is 12.2. The van der Waals surface area contributed by atoms with E-state index >= 15 is 0 Å². The van der Waals surface area contributed by atoms with Gasteiger partial charge in [0, 0.05) is 17.7 Å². The van der Waals surface area contributed by atoms with Gasteiger partial charge in [0.05, 0.1) is 0 Å². The van der Waals surface area contributed by atoms with Crippen molar-refractivity contribution in [2.24, 2.45) is 5.92 Å². The number of aryl methyl sites for hydroxylation is 1. The molecule has 0 heterocycles. The summed E-state index contributed by atoms with van der Waals surface area (Å²) >= 11 is 0. The van der Waals surface area contributed by atoms with Gasteiger partial charge in [0.25, 0.3) is 5.91 Å². The molecule has 0 spiro atoms. The van der Waals surface area contributed by atoms with Crippen molar-refractivity contribution in [2.45, 2.75) is 39.2 Å². The fraction of sp³-hybridized carbons (Fsp3) is 0.412. The van der Waals surface area contributed by atoms with Crippen LogP contribution in [-0.4, -0.2) is 23.0 Å². The number of hydrogen-bond acceptors (Lipinski definition) is 2. The molecule has 1 aromatic carbocycles. The van der Waals surface area contributed by atoms with E-state index in [1.54, 1.807) is 6.07 Å². The molecule has 1 saturated carbocycles. The Bertz CT molecular complexity index is 577. The first-order chi connectivity index (χ1) is 9.99. The summed E-state index contributed by atoms with van der Waals surface area (Å²) in [5, 5.41) is 11.7. The Morgan fingerprint density at radius 3 is 2.81 bits per heavy atom. The second-order valence-electron chi connectivity index (χ2n) is 5.67. The van der Waals surface area contributed by atoms with Gasteiger partial charge in [-0.2, -0.15) is 0 Å². The normalized spacial score (nSPS) is 20.5. The zero-order valence-electron chi connectivity index (χ0n) is 12.4. The fourth-order valence-electron chi connectivity index (χ4n) is 2.57. The van der Waals surface area contributed by atoms with Crippen LogP contribution in [0.1, 0.15) is 47.7 Å². The molecule has 0 radical (unpaired) electrons. The van der Waals surface area contributed by atoms with Crippen LogP contribution in [0.25, 0.3) is 6.08 Å². The lowest BCUT2D eigenvalue weighted by atomic mass is 10.1. The third-order valence-electron chi connectivity index (χ3n) is 3.68. The minimum atomic E-state index is -0.997. The summed E-state index contributed by atoms with van der Waals surface area (Å²) < 4.78 is 0. The van der Waals surface area contributed by atoms with E-state index in [9.17, 15) is 9.59 Å².